The molecule has 0 bridgehead atoms. The Labute approximate surface area is 120 Å². The van der Waals surface area contributed by atoms with Crippen LogP contribution in [0.1, 0.15) is 37.5 Å². The summed E-state index contributed by atoms with van der Waals surface area (Å²) in [6.45, 7) is 3.16. The smallest absolute Gasteiger partial charge is 0.230 e. The lowest BCUT2D eigenvalue weighted by atomic mass is 10.00. The summed E-state index contributed by atoms with van der Waals surface area (Å²) in [5.41, 5.74) is 0. The Hall–Kier alpha value is -0.810. The molecule has 0 aromatic carbocycles. The Morgan fingerprint density at radius 2 is 2.11 bits per heavy atom. The molecule has 1 aromatic rings. The standard InChI is InChI=1S/C14H25N3OS/c1-10(11-7-5-6-8-11)15-9-12-13(18-4)16-14(19-12)17(2)3/h10-11,15H,5-9H2,1-4H3. The minimum atomic E-state index is 0.581. The first-order valence-corrected chi connectivity index (χ1v) is 7.88. The van der Waals surface area contributed by atoms with Gasteiger partial charge in [0.25, 0.3) is 0 Å². The van der Waals surface area contributed by atoms with Crippen LogP contribution in [0.3, 0.4) is 0 Å². The maximum absolute atomic E-state index is 5.37. The van der Waals surface area contributed by atoms with E-state index in [0.29, 0.717) is 6.04 Å². The molecule has 0 radical (unpaired) electrons. The van der Waals surface area contributed by atoms with Crippen LogP contribution in [0.25, 0.3) is 0 Å². The summed E-state index contributed by atoms with van der Waals surface area (Å²) in [6.07, 6.45) is 5.53. The van der Waals surface area contributed by atoms with Crippen LogP contribution in [0.5, 0.6) is 5.88 Å². The third kappa shape index (κ3) is 3.60. The minimum absolute atomic E-state index is 0.581. The number of aromatic nitrogens is 1. The highest BCUT2D eigenvalue weighted by molar-refractivity contribution is 7.15. The van der Waals surface area contributed by atoms with Gasteiger partial charge in [-0.1, -0.05) is 24.2 Å². The number of thiazole rings is 1. The van der Waals surface area contributed by atoms with Crippen molar-refractivity contribution in [1.29, 1.82) is 0 Å². The molecule has 0 aliphatic heterocycles. The van der Waals surface area contributed by atoms with Crippen molar-refractivity contribution >= 4 is 16.5 Å². The fraction of sp³-hybridized carbons (Fsp3) is 0.786. The minimum Gasteiger partial charge on any atom is -0.480 e. The number of ether oxygens (including phenoxy) is 1. The molecular weight excluding hydrogens is 258 g/mol. The molecule has 0 spiro atoms. The number of methoxy groups -OCH3 is 1. The number of anilines is 1. The number of rotatable bonds is 6. The van der Waals surface area contributed by atoms with E-state index < -0.39 is 0 Å². The van der Waals surface area contributed by atoms with Gasteiger partial charge < -0.3 is 15.0 Å². The highest BCUT2D eigenvalue weighted by Crippen LogP contribution is 2.31. The summed E-state index contributed by atoms with van der Waals surface area (Å²) in [4.78, 5) is 7.70. The maximum Gasteiger partial charge on any atom is 0.230 e. The SMILES string of the molecule is COc1nc(N(C)C)sc1CNC(C)C1CCCC1. The molecule has 1 atom stereocenters. The molecule has 1 heterocycles. The molecule has 1 unspecified atom stereocenters. The second-order valence-electron chi connectivity index (χ2n) is 5.54. The molecule has 1 saturated carbocycles. The van der Waals surface area contributed by atoms with Crippen LogP contribution >= 0.6 is 11.3 Å². The van der Waals surface area contributed by atoms with Crippen molar-refractivity contribution in [3.8, 4) is 5.88 Å². The maximum atomic E-state index is 5.37. The normalized spacial score (nSPS) is 17.7. The highest BCUT2D eigenvalue weighted by atomic mass is 32.1. The lowest BCUT2D eigenvalue weighted by Gasteiger charge is -2.20. The predicted molar refractivity (Wildman–Crippen MR) is 81.3 cm³/mol. The fourth-order valence-corrected chi connectivity index (χ4v) is 3.57. The van der Waals surface area contributed by atoms with E-state index in [9.17, 15) is 0 Å². The molecule has 2 rings (SSSR count). The van der Waals surface area contributed by atoms with Crippen molar-refractivity contribution in [3.05, 3.63) is 4.88 Å². The van der Waals surface area contributed by atoms with E-state index in [2.05, 4.69) is 17.2 Å². The summed E-state index contributed by atoms with van der Waals surface area (Å²) >= 11 is 1.70. The van der Waals surface area contributed by atoms with Gasteiger partial charge in [0.15, 0.2) is 5.13 Å². The van der Waals surface area contributed by atoms with Gasteiger partial charge >= 0.3 is 0 Å². The summed E-state index contributed by atoms with van der Waals surface area (Å²) < 4.78 is 5.37. The molecule has 4 nitrogen and oxygen atoms in total. The van der Waals surface area contributed by atoms with Crippen molar-refractivity contribution in [2.24, 2.45) is 5.92 Å². The molecular formula is C14H25N3OS. The van der Waals surface area contributed by atoms with Crippen LogP contribution in [0.2, 0.25) is 0 Å². The fourth-order valence-electron chi connectivity index (χ4n) is 2.67. The van der Waals surface area contributed by atoms with E-state index >= 15 is 0 Å². The first-order chi connectivity index (χ1) is 9.11. The van der Waals surface area contributed by atoms with Crippen LogP contribution in [0, 0.1) is 5.92 Å². The van der Waals surface area contributed by atoms with Crippen molar-refractivity contribution in [3.63, 3.8) is 0 Å². The zero-order chi connectivity index (χ0) is 13.8. The van der Waals surface area contributed by atoms with Gasteiger partial charge in [0, 0.05) is 26.7 Å². The summed E-state index contributed by atoms with van der Waals surface area (Å²) in [5.74, 6) is 1.60. The largest absolute Gasteiger partial charge is 0.480 e. The van der Waals surface area contributed by atoms with Gasteiger partial charge in [0.1, 0.15) is 0 Å². The quantitative estimate of drug-likeness (QED) is 0.871. The van der Waals surface area contributed by atoms with Crippen LogP contribution < -0.4 is 15.0 Å². The van der Waals surface area contributed by atoms with Crippen molar-refractivity contribution in [2.75, 3.05) is 26.1 Å². The first kappa shape index (κ1) is 14.6. The Morgan fingerprint density at radius 3 is 2.68 bits per heavy atom. The van der Waals surface area contributed by atoms with Crippen LogP contribution in [-0.4, -0.2) is 32.2 Å². The molecule has 0 saturated heterocycles. The van der Waals surface area contributed by atoms with Crippen molar-refractivity contribution in [2.45, 2.75) is 45.2 Å². The lowest BCUT2D eigenvalue weighted by Crippen LogP contribution is -2.31. The molecule has 5 heteroatoms. The van der Waals surface area contributed by atoms with Gasteiger partial charge in [-0.25, -0.2) is 0 Å². The van der Waals surface area contributed by atoms with Gasteiger partial charge in [0.2, 0.25) is 5.88 Å². The zero-order valence-electron chi connectivity index (χ0n) is 12.4. The van der Waals surface area contributed by atoms with Crippen LogP contribution in [-0.2, 0) is 6.54 Å². The molecule has 1 aliphatic rings. The average Bonchev–Trinajstić information content (AvgIpc) is 3.04. The molecule has 0 amide bonds. The second-order valence-corrected chi connectivity index (χ2v) is 6.60. The first-order valence-electron chi connectivity index (χ1n) is 7.06. The van der Waals surface area contributed by atoms with Gasteiger partial charge in [-0.3, -0.25) is 0 Å². The molecule has 19 heavy (non-hydrogen) atoms. The number of hydrogen-bond acceptors (Lipinski definition) is 5. The van der Waals surface area contributed by atoms with Crippen molar-refractivity contribution < 1.29 is 4.74 Å². The Balaban J connectivity index is 1.94. The molecule has 1 N–H and O–H groups in total. The number of nitrogens with one attached hydrogen (secondary N) is 1. The third-order valence-corrected chi connectivity index (χ3v) is 5.12. The van der Waals surface area contributed by atoms with E-state index in [4.69, 9.17) is 4.74 Å². The second kappa shape index (κ2) is 6.57. The highest BCUT2D eigenvalue weighted by Gasteiger charge is 2.22. The molecule has 1 aromatic heterocycles. The average molecular weight is 283 g/mol. The zero-order valence-corrected chi connectivity index (χ0v) is 13.2. The predicted octanol–water partition coefficient (Wildman–Crippen LogP) is 2.89. The lowest BCUT2D eigenvalue weighted by molar-refractivity contribution is 0.369. The Kier molecular flexibility index (Phi) is 5.05. The Morgan fingerprint density at radius 1 is 1.42 bits per heavy atom. The van der Waals surface area contributed by atoms with E-state index in [1.165, 1.54) is 30.6 Å². The van der Waals surface area contributed by atoms with Gasteiger partial charge in [0.05, 0.1) is 12.0 Å². The number of hydrogen-bond donors (Lipinski definition) is 1. The molecule has 108 valence electrons. The van der Waals surface area contributed by atoms with E-state index in [1.807, 2.05) is 19.0 Å². The topological polar surface area (TPSA) is 37.4 Å². The van der Waals surface area contributed by atoms with E-state index in [-0.39, 0.29) is 0 Å². The summed E-state index contributed by atoms with van der Waals surface area (Å²) in [6, 6.07) is 0.581. The monoisotopic (exact) mass is 283 g/mol. The number of nitrogens with zero attached hydrogens (tertiary/aromatic N) is 2. The molecule has 1 aliphatic carbocycles. The summed E-state index contributed by atoms with van der Waals surface area (Å²) in [5, 5.41) is 4.64. The van der Waals surface area contributed by atoms with E-state index in [1.54, 1.807) is 18.4 Å². The molecule has 1 fully saturated rings. The van der Waals surface area contributed by atoms with Gasteiger partial charge in [-0.05, 0) is 25.7 Å². The van der Waals surface area contributed by atoms with Crippen LogP contribution in [0.15, 0.2) is 0 Å². The van der Waals surface area contributed by atoms with E-state index in [0.717, 1.165) is 23.5 Å². The van der Waals surface area contributed by atoms with Crippen molar-refractivity contribution in [1.82, 2.24) is 10.3 Å². The van der Waals surface area contributed by atoms with Crippen LogP contribution in [0.4, 0.5) is 5.13 Å². The summed E-state index contributed by atoms with van der Waals surface area (Å²) in [7, 11) is 5.71. The third-order valence-electron chi connectivity index (χ3n) is 3.92. The van der Waals surface area contributed by atoms with Gasteiger partial charge in [-0.2, -0.15) is 4.98 Å². The van der Waals surface area contributed by atoms with Gasteiger partial charge in [-0.15, -0.1) is 0 Å². The Bertz CT molecular complexity index is 399.